The molecule has 1 aromatic rings. The normalized spacial score (nSPS) is 23.7. The van der Waals surface area contributed by atoms with Crippen molar-refractivity contribution in [3.63, 3.8) is 0 Å². The number of aryl methyl sites for hydroxylation is 2. The number of fused-ring (bicyclic) bond motifs is 1. The highest BCUT2D eigenvalue weighted by Gasteiger charge is 2.24. The summed E-state index contributed by atoms with van der Waals surface area (Å²) in [4.78, 5) is 21.7. The van der Waals surface area contributed by atoms with Crippen molar-refractivity contribution in [2.45, 2.75) is 45.3 Å². The van der Waals surface area contributed by atoms with Gasteiger partial charge in [-0.25, -0.2) is 4.98 Å². The van der Waals surface area contributed by atoms with E-state index < -0.39 is 6.10 Å². The number of carbonyl (C=O) groups is 1. The molecule has 0 unspecified atom stereocenters. The lowest BCUT2D eigenvalue weighted by atomic mass is 10.0. The van der Waals surface area contributed by atoms with Crippen LogP contribution in [0.4, 0.5) is 0 Å². The Kier molecular flexibility index (Phi) is 4.57. The minimum Gasteiger partial charge on any atom is -0.390 e. The average molecular weight is 309 g/mol. The highest BCUT2D eigenvalue weighted by molar-refractivity contribution is 7.11. The third-order valence-corrected chi connectivity index (χ3v) is 5.42. The third-order valence-electron chi connectivity index (χ3n) is 4.28. The minimum absolute atomic E-state index is 0.0422. The highest BCUT2D eigenvalue weighted by Crippen LogP contribution is 2.27. The van der Waals surface area contributed by atoms with Crippen LogP contribution in [-0.2, 0) is 24.2 Å². The molecule has 0 spiro atoms. The van der Waals surface area contributed by atoms with Gasteiger partial charge in [-0.2, -0.15) is 0 Å². The van der Waals surface area contributed by atoms with Gasteiger partial charge >= 0.3 is 0 Å². The van der Waals surface area contributed by atoms with Gasteiger partial charge in [0.15, 0.2) is 0 Å². The van der Waals surface area contributed by atoms with E-state index in [1.165, 1.54) is 29.8 Å². The topological polar surface area (TPSA) is 56.7 Å². The van der Waals surface area contributed by atoms with E-state index in [2.05, 4.69) is 4.90 Å². The minimum atomic E-state index is -0.467. The number of thiazole rings is 1. The maximum Gasteiger partial charge on any atom is 0.219 e. The number of β-amino-alcohol motifs (C(OH)–C–C–N with tert-alkyl or cyclic N) is 1. The fourth-order valence-corrected chi connectivity index (χ4v) is 4.35. The van der Waals surface area contributed by atoms with Crippen molar-refractivity contribution in [2.75, 3.05) is 26.2 Å². The molecule has 21 heavy (non-hydrogen) atoms. The fourth-order valence-electron chi connectivity index (χ4n) is 3.15. The smallest absolute Gasteiger partial charge is 0.219 e. The molecule has 1 aliphatic carbocycles. The number of aliphatic hydroxyl groups excluding tert-OH is 1. The van der Waals surface area contributed by atoms with Crippen LogP contribution in [0.1, 0.15) is 35.3 Å². The van der Waals surface area contributed by atoms with Crippen molar-refractivity contribution in [3.05, 3.63) is 15.6 Å². The van der Waals surface area contributed by atoms with Crippen molar-refractivity contribution in [1.29, 1.82) is 0 Å². The molecule has 1 atom stereocenters. The van der Waals surface area contributed by atoms with Crippen molar-refractivity contribution < 1.29 is 9.90 Å². The molecule has 6 heteroatoms. The standard InChI is InChI=1S/C15H23N3O2S/c1-11(19)18-7-6-17(8-12(20)9-18)10-15-16-13-4-2-3-5-14(13)21-15/h12,20H,2-10H2,1H3/t12-/m0/s1. The Morgan fingerprint density at radius 3 is 2.90 bits per heavy atom. The Hall–Kier alpha value is -0.980. The van der Waals surface area contributed by atoms with Crippen LogP contribution in [0.5, 0.6) is 0 Å². The van der Waals surface area contributed by atoms with Gasteiger partial charge in [-0.3, -0.25) is 9.69 Å². The zero-order valence-electron chi connectivity index (χ0n) is 12.5. The third kappa shape index (κ3) is 3.62. The first-order valence-electron chi connectivity index (χ1n) is 7.75. The van der Waals surface area contributed by atoms with Crippen molar-refractivity contribution >= 4 is 17.2 Å². The van der Waals surface area contributed by atoms with Gasteiger partial charge in [-0.15, -0.1) is 11.3 Å². The Morgan fingerprint density at radius 1 is 1.33 bits per heavy atom. The SMILES string of the molecule is CC(=O)N1CCN(Cc2nc3c(s2)CCCC3)C[C@H](O)C1. The molecule has 2 heterocycles. The van der Waals surface area contributed by atoms with Gasteiger partial charge < -0.3 is 10.0 Å². The number of hydrogen-bond donors (Lipinski definition) is 1. The van der Waals surface area contributed by atoms with Gasteiger partial charge in [0.05, 0.1) is 18.3 Å². The zero-order chi connectivity index (χ0) is 14.8. The highest BCUT2D eigenvalue weighted by atomic mass is 32.1. The molecule has 1 amide bonds. The maximum atomic E-state index is 11.5. The Morgan fingerprint density at radius 2 is 2.14 bits per heavy atom. The molecular formula is C15H23N3O2S. The Labute approximate surface area is 129 Å². The van der Waals surface area contributed by atoms with Crippen LogP contribution in [0.3, 0.4) is 0 Å². The van der Waals surface area contributed by atoms with Crippen LogP contribution >= 0.6 is 11.3 Å². The van der Waals surface area contributed by atoms with Gasteiger partial charge in [-0.05, 0) is 25.7 Å². The van der Waals surface area contributed by atoms with Crippen molar-refractivity contribution in [2.24, 2.45) is 0 Å². The lowest BCUT2D eigenvalue weighted by Crippen LogP contribution is -2.36. The number of rotatable bonds is 2. The molecule has 0 radical (unpaired) electrons. The summed E-state index contributed by atoms with van der Waals surface area (Å²) in [6.07, 6.45) is 4.36. The first kappa shape index (κ1) is 14.9. The van der Waals surface area contributed by atoms with Gasteiger partial charge in [0.25, 0.3) is 0 Å². The summed E-state index contributed by atoms with van der Waals surface area (Å²) < 4.78 is 0. The monoisotopic (exact) mass is 309 g/mol. The second-order valence-electron chi connectivity index (χ2n) is 6.04. The predicted molar refractivity (Wildman–Crippen MR) is 82.3 cm³/mol. The number of amides is 1. The lowest BCUT2D eigenvalue weighted by molar-refractivity contribution is -0.129. The molecule has 0 aromatic carbocycles. The van der Waals surface area contributed by atoms with Crippen molar-refractivity contribution in [1.82, 2.24) is 14.8 Å². The summed E-state index contributed by atoms with van der Waals surface area (Å²) >= 11 is 1.83. The maximum absolute atomic E-state index is 11.5. The molecule has 0 saturated carbocycles. The van der Waals surface area contributed by atoms with Crippen LogP contribution in [0.15, 0.2) is 0 Å². The van der Waals surface area contributed by atoms with Crippen LogP contribution in [-0.4, -0.2) is 58.1 Å². The molecule has 0 bridgehead atoms. The largest absolute Gasteiger partial charge is 0.390 e. The molecule has 5 nitrogen and oxygen atoms in total. The summed E-state index contributed by atoms with van der Waals surface area (Å²) in [5.74, 6) is 0.0422. The first-order valence-corrected chi connectivity index (χ1v) is 8.57. The van der Waals surface area contributed by atoms with Crippen molar-refractivity contribution in [3.8, 4) is 0 Å². The molecule has 116 valence electrons. The summed E-state index contributed by atoms with van der Waals surface area (Å²) in [6, 6.07) is 0. The zero-order valence-corrected chi connectivity index (χ0v) is 13.4. The number of carbonyl (C=O) groups excluding carboxylic acids is 1. The van der Waals surface area contributed by atoms with Gasteiger partial charge in [0.2, 0.25) is 5.91 Å². The molecule has 1 N–H and O–H groups in total. The second-order valence-corrected chi connectivity index (χ2v) is 7.21. The van der Waals surface area contributed by atoms with E-state index in [0.717, 1.165) is 24.5 Å². The molecule has 3 rings (SSSR count). The van der Waals surface area contributed by atoms with E-state index in [4.69, 9.17) is 4.98 Å². The van der Waals surface area contributed by atoms with E-state index in [9.17, 15) is 9.90 Å². The lowest BCUT2D eigenvalue weighted by Gasteiger charge is -2.19. The number of nitrogens with zero attached hydrogens (tertiary/aromatic N) is 3. The quantitative estimate of drug-likeness (QED) is 0.887. The van der Waals surface area contributed by atoms with Crippen LogP contribution < -0.4 is 0 Å². The second kappa shape index (κ2) is 6.42. The number of hydrogen-bond acceptors (Lipinski definition) is 5. The van der Waals surface area contributed by atoms with E-state index in [1.54, 1.807) is 11.8 Å². The molecule has 2 aliphatic rings. The van der Waals surface area contributed by atoms with Crippen LogP contribution in [0, 0.1) is 0 Å². The summed E-state index contributed by atoms with van der Waals surface area (Å²) in [5, 5.41) is 11.2. The van der Waals surface area contributed by atoms with Gasteiger partial charge in [0.1, 0.15) is 5.01 Å². The Bertz CT molecular complexity index is 494. The van der Waals surface area contributed by atoms with Gasteiger partial charge in [-0.1, -0.05) is 0 Å². The summed E-state index contributed by atoms with van der Waals surface area (Å²) in [5.41, 5.74) is 1.29. The van der Waals surface area contributed by atoms with E-state index in [0.29, 0.717) is 19.6 Å². The first-order chi connectivity index (χ1) is 10.1. The van der Waals surface area contributed by atoms with E-state index in [-0.39, 0.29) is 5.91 Å². The average Bonchev–Trinajstić information content (AvgIpc) is 2.75. The van der Waals surface area contributed by atoms with E-state index in [1.807, 2.05) is 11.3 Å². The molecule has 1 saturated heterocycles. The molecule has 1 aliphatic heterocycles. The predicted octanol–water partition coefficient (Wildman–Crippen LogP) is 1.05. The van der Waals surface area contributed by atoms with Crippen LogP contribution in [0.25, 0.3) is 0 Å². The molecular weight excluding hydrogens is 286 g/mol. The summed E-state index contributed by atoms with van der Waals surface area (Å²) in [6.45, 7) is 4.92. The van der Waals surface area contributed by atoms with E-state index >= 15 is 0 Å². The Balaban J connectivity index is 1.64. The van der Waals surface area contributed by atoms with Crippen LogP contribution in [0.2, 0.25) is 0 Å². The summed E-state index contributed by atoms with van der Waals surface area (Å²) in [7, 11) is 0. The number of aromatic nitrogens is 1. The fraction of sp³-hybridized carbons (Fsp3) is 0.733. The molecule has 1 aromatic heterocycles. The molecule has 1 fully saturated rings. The van der Waals surface area contributed by atoms with Gasteiger partial charge in [0, 0.05) is 38.0 Å². The number of aliphatic hydroxyl groups is 1.